The van der Waals surface area contributed by atoms with Gasteiger partial charge in [-0.3, -0.25) is 9.59 Å². The van der Waals surface area contributed by atoms with Crippen molar-refractivity contribution in [2.45, 2.75) is 92.7 Å². The number of likely N-dealkylation sites (N-methyl/N-ethyl adjacent to an activating group) is 1. The molecule has 0 radical (unpaired) electrons. The van der Waals surface area contributed by atoms with Gasteiger partial charge in [0.2, 0.25) is 12.2 Å². The molecule has 5 rings (SSSR count). The fourth-order valence-electron chi connectivity index (χ4n) is 7.28. The third-order valence-electron chi connectivity index (χ3n) is 9.77. The van der Waals surface area contributed by atoms with Gasteiger partial charge in [0.05, 0.1) is 23.9 Å². The van der Waals surface area contributed by atoms with Crippen molar-refractivity contribution in [1.82, 2.24) is 4.90 Å². The lowest BCUT2D eigenvalue weighted by atomic mass is 9.50. The van der Waals surface area contributed by atoms with E-state index in [2.05, 4.69) is 4.74 Å². The highest BCUT2D eigenvalue weighted by molar-refractivity contribution is 5.90. The molecule has 1 aromatic rings. The Morgan fingerprint density at radius 2 is 1.60 bits per heavy atom. The van der Waals surface area contributed by atoms with Crippen LogP contribution in [0.25, 0.3) is 0 Å². The van der Waals surface area contributed by atoms with E-state index in [-0.39, 0.29) is 29.7 Å². The second-order valence-corrected chi connectivity index (χ2v) is 12.9. The van der Waals surface area contributed by atoms with Crippen LogP contribution in [0, 0.1) is 0 Å². The van der Waals surface area contributed by atoms with Crippen LogP contribution in [0.4, 0.5) is 0 Å². The SMILES string of the molecule is C[C@H](OC(=O)[C@H](CC(=O)OC1=CC[C@@]2(O)[C@H]3Cc4ccc(O)c5c4[C@@]2(CCN3C)[C@H]1O5)OC(=O)[C@H](O)[C@@H](O)C(=O)O)C(=O)O[C@@H](CC(=O)O)C(=O)O. The monoisotopic (exact) mass is 737 g/mol. The normalized spacial score (nSPS) is 26.8. The van der Waals surface area contributed by atoms with Crippen LogP contribution in [0.3, 0.4) is 0 Å². The molecule has 2 aliphatic carbocycles. The number of carboxylic acid groups (broad SMARTS) is 3. The van der Waals surface area contributed by atoms with Gasteiger partial charge in [-0.25, -0.2) is 24.0 Å². The Kier molecular flexibility index (Phi) is 10.2. The molecule has 0 saturated carbocycles. The van der Waals surface area contributed by atoms with Gasteiger partial charge in [0.15, 0.2) is 35.9 Å². The summed E-state index contributed by atoms with van der Waals surface area (Å²) < 4.78 is 26.0. The van der Waals surface area contributed by atoms with Crippen molar-refractivity contribution in [2.24, 2.45) is 0 Å². The summed E-state index contributed by atoms with van der Waals surface area (Å²) in [5, 5.41) is 69.4. The number of ether oxygens (including phenoxy) is 5. The number of phenols is 1. The molecule has 1 saturated heterocycles. The molecule has 7 N–H and O–H groups in total. The molecule has 20 nitrogen and oxygen atoms in total. The highest BCUT2D eigenvalue weighted by atomic mass is 16.6. The number of carbonyl (C=O) groups excluding carboxylic acids is 4. The van der Waals surface area contributed by atoms with E-state index in [4.69, 9.17) is 34.3 Å². The number of hydrogen-bond acceptors (Lipinski definition) is 17. The molecule has 0 amide bonds. The molecule has 2 heterocycles. The van der Waals surface area contributed by atoms with Crippen molar-refractivity contribution in [1.29, 1.82) is 0 Å². The average molecular weight is 738 g/mol. The summed E-state index contributed by atoms with van der Waals surface area (Å²) in [5.41, 5.74) is -1.22. The van der Waals surface area contributed by atoms with Gasteiger partial charge < -0.3 is 64.3 Å². The largest absolute Gasteiger partial charge is 0.504 e. The number of nitrogens with zero attached hydrogens (tertiary/aromatic N) is 1. The summed E-state index contributed by atoms with van der Waals surface area (Å²) in [7, 11) is 1.86. The van der Waals surface area contributed by atoms with Gasteiger partial charge in [-0.1, -0.05) is 6.07 Å². The van der Waals surface area contributed by atoms with Gasteiger partial charge >= 0.3 is 41.8 Å². The maximum absolute atomic E-state index is 13.4. The number of aliphatic hydroxyl groups is 3. The van der Waals surface area contributed by atoms with Crippen molar-refractivity contribution < 1.29 is 93.0 Å². The lowest BCUT2D eigenvalue weighted by Crippen LogP contribution is -2.74. The van der Waals surface area contributed by atoms with E-state index < -0.39 is 102 Å². The standard InChI is InChI=1S/C32H35NO19/c1-12(28(44)50-16(26(40)41)10-19(35)36)48-29(45)17(51-30(46)23(39)22(38)27(42)43)11-20(37)49-15-5-6-32(47)18-9-13-3-4-14(34)24-21(13)31(32,25(15)52-24)7-8-33(18)2/h3-5,12,16-18,22-23,25,34,38-39,47H,6-11H2,1-2H3,(H,35,36)(H,40,41)(H,42,43)/t12-,16-,17-,18+,22+,23+,25-,31-,32+/m0/s1. The summed E-state index contributed by atoms with van der Waals surface area (Å²) in [5.74, 6) is -12.2. The number of benzene rings is 1. The van der Waals surface area contributed by atoms with Gasteiger partial charge in [-0.2, -0.15) is 0 Å². The Morgan fingerprint density at radius 3 is 2.23 bits per heavy atom. The van der Waals surface area contributed by atoms with Crippen LogP contribution >= 0.6 is 0 Å². The van der Waals surface area contributed by atoms with E-state index in [1.165, 1.54) is 12.1 Å². The minimum Gasteiger partial charge on any atom is -0.504 e. The summed E-state index contributed by atoms with van der Waals surface area (Å²) in [6.07, 6.45) is -13.5. The van der Waals surface area contributed by atoms with Crippen LogP contribution in [0.1, 0.15) is 43.7 Å². The maximum Gasteiger partial charge on any atom is 0.348 e. The summed E-state index contributed by atoms with van der Waals surface area (Å²) in [4.78, 5) is 86.8. The molecule has 20 heteroatoms. The third-order valence-corrected chi connectivity index (χ3v) is 9.77. The minimum absolute atomic E-state index is 0.0302. The number of hydrogen-bond donors (Lipinski definition) is 7. The average Bonchev–Trinajstić information content (AvgIpc) is 3.43. The number of piperidine rings is 1. The smallest absolute Gasteiger partial charge is 0.348 e. The molecule has 52 heavy (non-hydrogen) atoms. The number of aliphatic hydroxyl groups excluding tert-OH is 2. The lowest BCUT2D eigenvalue weighted by Gasteiger charge is -2.61. The van der Waals surface area contributed by atoms with Gasteiger partial charge in [-0.05, 0) is 51.1 Å². The van der Waals surface area contributed by atoms with E-state index in [0.29, 0.717) is 24.9 Å². The Hall–Kier alpha value is -5.31. The molecule has 0 unspecified atom stereocenters. The van der Waals surface area contributed by atoms with Crippen LogP contribution in [0.15, 0.2) is 24.0 Å². The molecule has 2 aliphatic heterocycles. The summed E-state index contributed by atoms with van der Waals surface area (Å²) >= 11 is 0. The molecule has 1 fully saturated rings. The fourth-order valence-corrected chi connectivity index (χ4v) is 7.28. The highest BCUT2D eigenvalue weighted by Gasteiger charge is 2.72. The van der Waals surface area contributed by atoms with Crippen molar-refractivity contribution in [3.8, 4) is 11.5 Å². The van der Waals surface area contributed by atoms with Crippen LogP contribution in [-0.4, -0.2) is 144 Å². The van der Waals surface area contributed by atoms with Crippen LogP contribution in [0.5, 0.6) is 11.5 Å². The predicted octanol–water partition coefficient (Wildman–Crippen LogP) is -2.28. The Labute approximate surface area is 292 Å². The topological polar surface area (TPSA) is 310 Å². The van der Waals surface area contributed by atoms with Crippen LogP contribution in [-0.2, 0) is 64.3 Å². The number of likely N-dealkylation sites (tertiary alicyclic amines) is 1. The zero-order valence-electron chi connectivity index (χ0n) is 27.5. The summed E-state index contributed by atoms with van der Waals surface area (Å²) in [6, 6.07) is 2.80. The quantitative estimate of drug-likeness (QED) is 0.0781. The third kappa shape index (κ3) is 6.49. The van der Waals surface area contributed by atoms with E-state index in [1.54, 1.807) is 6.07 Å². The van der Waals surface area contributed by atoms with Gasteiger partial charge in [0, 0.05) is 18.0 Å². The van der Waals surface area contributed by atoms with Crippen molar-refractivity contribution in [2.75, 3.05) is 13.6 Å². The van der Waals surface area contributed by atoms with Crippen LogP contribution in [0.2, 0.25) is 0 Å². The number of carboxylic acids is 3. The number of phenolic OH excluding ortho intramolecular Hbond substituents is 1. The second-order valence-electron chi connectivity index (χ2n) is 12.9. The van der Waals surface area contributed by atoms with Crippen molar-refractivity contribution >= 4 is 41.8 Å². The second kappa shape index (κ2) is 14.0. The van der Waals surface area contributed by atoms with Gasteiger partial charge in [-0.15, -0.1) is 0 Å². The Morgan fingerprint density at radius 1 is 0.923 bits per heavy atom. The molecule has 1 spiro atoms. The molecule has 9 atom stereocenters. The zero-order chi connectivity index (χ0) is 38.4. The molecule has 282 valence electrons. The van der Waals surface area contributed by atoms with Crippen LogP contribution < -0.4 is 4.74 Å². The Bertz CT molecular complexity index is 1740. The molecule has 1 aromatic carbocycles. The minimum atomic E-state index is -2.77. The fraction of sp³-hybridized carbons (Fsp3) is 0.531. The van der Waals surface area contributed by atoms with Crippen molar-refractivity contribution in [3.05, 3.63) is 35.1 Å². The highest BCUT2D eigenvalue weighted by Crippen LogP contribution is 2.65. The zero-order valence-corrected chi connectivity index (χ0v) is 27.5. The van der Waals surface area contributed by atoms with Crippen molar-refractivity contribution in [3.63, 3.8) is 0 Å². The van der Waals surface area contributed by atoms with E-state index in [9.17, 15) is 54.0 Å². The first kappa shape index (κ1) is 37.9. The van der Waals surface area contributed by atoms with E-state index in [1.807, 2.05) is 11.9 Å². The number of aromatic hydroxyl groups is 1. The maximum atomic E-state index is 13.4. The Balaban J connectivity index is 1.37. The molecular formula is C32H35NO19. The number of esters is 4. The van der Waals surface area contributed by atoms with Gasteiger partial charge in [0.25, 0.3) is 0 Å². The number of rotatable bonds is 14. The first-order valence-corrected chi connectivity index (χ1v) is 15.8. The summed E-state index contributed by atoms with van der Waals surface area (Å²) in [6.45, 7) is 1.37. The molecule has 0 aromatic heterocycles. The first-order valence-electron chi connectivity index (χ1n) is 15.8. The van der Waals surface area contributed by atoms with Gasteiger partial charge in [0.1, 0.15) is 5.76 Å². The predicted molar refractivity (Wildman–Crippen MR) is 162 cm³/mol. The molecular weight excluding hydrogens is 702 g/mol. The molecule has 2 bridgehead atoms. The first-order chi connectivity index (χ1) is 24.3. The number of carbonyl (C=O) groups is 7. The van der Waals surface area contributed by atoms with E-state index in [0.717, 1.165) is 12.5 Å². The van der Waals surface area contributed by atoms with E-state index >= 15 is 0 Å². The lowest BCUT2D eigenvalue weighted by molar-refractivity contribution is -0.189. The number of aliphatic carboxylic acids is 3. The molecule has 4 aliphatic rings.